The molecule has 0 spiro atoms. The zero-order valence-electron chi connectivity index (χ0n) is 16.3. The molecule has 2 atom stereocenters. The van der Waals surface area contributed by atoms with Gasteiger partial charge in [0.2, 0.25) is 5.91 Å². The van der Waals surface area contributed by atoms with E-state index in [0.29, 0.717) is 11.4 Å². The second-order valence-corrected chi connectivity index (χ2v) is 7.31. The van der Waals surface area contributed by atoms with Crippen LogP contribution in [0, 0.1) is 11.7 Å². The number of carbonyl (C=O) groups is 2. The first-order valence-corrected chi connectivity index (χ1v) is 9.48. The predicted octanol–water partition coefficient (Wildman–Crippen LogP) is 3.84. The molecule has 2 aromatic carbocycles. The van der Waals surface area contributed by atoms with Gasteiger partial charge in [-0.3, -0.25) is 9.59 Å². The Morgan fingerprint density at radius 1 is 1.18 bits per heavy atom. The minimum absolute atomic E-state index is 0.139. The van der Waals surface area contributed by atoms with Crippen molar-refractivity contribution in [2.45, 2.75) is 39.3 Å². The lowest BCUT2D eigenvalue weighted by molar-refractivity contribution is -0.125. The molecule has 6 heteroatoms. The van der Waals surface area contributed by atoms with E-state index < -0.39 is 6.10 Å². The van der Waals surface area contributed by atoms with E-state index in [1.54, 1.807) is 24.0 Å². The quantitative estimate of drug-likeness (QED) is 0.823. The van der Waals surface area contributed by atoms with Crippen molar-refractivity contribution in [2.24, 2.45) is 5.92 Å². The zero-order chi connectivity index (χ0) is 20.3. The van der Waals surface area contributed by atoms with Crippen LogP contribution in [0.4, 0.5) is 10.1 Å². The maximum atomic E-state index is 13.2. The van der Waals surface area contributed by atoms with E-state index in [0.717, 1.165) is 5.56 Å². The Bertz CT molecular complexity index is 851. The highest BCUT2D eigenvalue weighted by Crippen LogP contribution is 2.33. The number of carbonyl (C=O) groups excluding carboxylic acids is 2. The van der Waals surface area contributed by atoms with Gasteiger partial charge >= 0.3 is 0 Å². The zero-order valence-corrected chi connectivity index (χ0v) is 16.3. The third-order valence-electron chi connectivity index (χ3n) is 4.85. The predicted molar refractivity (Wildman–Crippen MR) is 106 cm³/mol. The number of fused-ring (bicyclic) bond motifs is 1. The molecule has 1 heterocycles. The first kappa shape index (κ1) is 19.9. The summed E-state index contributed by atoms with van der Waals surface area (Å²) in [4.78, 5) is 26.7. The van der Waals surface area contributed by atoms with Crippen LogP contribution in [-0.4, -0.2) is 24.5 Å². The Kier molecular flexibility index (Phi) is 5.97. The molecule has 2 aromatic rings. The number of nitrogens with zero attached hydrogens (tertiary/aromatic N) is 1. The van der Waals surface area contributed by atoms with Gasteiger partial charge < -0.3 is 15.0 Å². The number of ether oxygens (including phenoxy) is 1. The van der Waals surface area contributed by atoms with Crippen LogP contribution in [0.15, 0.2) is 48.5 Å². The lowest BCUT2D eigenvalue weighted by atomic mass is 9.96. The molecule has 1 N–H and O–H groups in total. The van der Waals surface area contributed by atoms with E-state index in [2.05, 4.69) is 5.32 Å². The molecule has 1 aliphatic rings. The Hall–Kier alpha value is -2.89. The topological polar surface area (TPSA) is 58.6 Å². The molecule has 28 heavy (non-hydrogen) atoms. The van der Waals surface area contributed by atoms with Crippen LogP contribution in [0.1, 0.15) is 38.8 Å². The normalized spacial score (nSPS) is 17.1. The summed E-state index contributed by atoms with van der Waals surface area (Å²) in [5, 5.41) is 3.01. The van der Waals surface area contributed by atoms with Gasteiger partial charge in [0.05, 0.1) is 11.7 Å². The van der Waals surface area contributed by atoms with Crippen LogP contribution >= 0.6 is 0 Å². The van der Waals surface area contributed by atoms with E-state index in [-0.39, 0.29) is 42.6 Å². The van der Waals surface area contributed by atoms with Gasteiger partial charge in [-0.2, -0.15) is 0 Å². The molecule has 0 bridgehead atoms. The molecule has 5 nitrogen and oxygen atoms in total. The largest absolute Gasteiger partial charge is 0.479 e. The van der Waals surface area contributed by atoms with Crippen LogP contribution in [0.3, 0.4) is 0 Å². The number of rotatable bonds is 6. The van der Waals surface area contributed by atoms with E-state index in [4.69, 9.17) is 4.74 Å². The van der Waals surface area contributed by atoms with Gasteiger partial charge in [-0.25, -0.2) is 4.39 Å². The molecule has 2 amide bonds. The summed E-state index contributed by atoms with van der Waals surface area (Å²) in [5.74, 6) is 0.149. The molecular weight excluding hydrogens is 359 g/mol. The highest BCUT2D eigenvalue weighted by Gasteiger charge is 2.31. The number of halogens is 1. The minimum atomic E-state index is -0.583. The number of amides is 2. The Balaban J connectivity index is 1.67. The number of hydrogen-bond donors (Lipinski definition) is 1. The number of benzene rings is 2. The SMILES string of the molecule is CC1Oc2ccccc2N(CCC(=O)NC(c2ccc(F)cc2)C(C)C)C1=O. The summed E-state index contributed by atoms with van der Waals surface area (Å²) in [6.45, 7) is 5.97. The first-order valence-electron chi connectivity index (χ1n) is 9.48. The Morgan fingerprint density at radius 2 is 1.86 bits per heavy atom. The molecule has 1 aliphatic heterocycles. The fourth-order valence-corrected chi connectivity index (χ4v) is 3.35. The molecule has 0 fully saturated rings. The van der Waals surface area contributed by atoms with Gasteiger partial charge in [0, 0.05) is 13.0 Å². The molecule has 0 saturated carbocycles. The third kappa shape index (κ3) is 4.32. The first-order chi connectivity index (χ1) is 13.4. The number of anilines is 1. The van der Waals surface area contributed by atoms with Crippen molar-refractivity contribution < 1.29 is 18.7 Å². The van der Waals surface area contributed by atoms with E-state index in [1.807, 2.05) is 38.1 Å². The number of hydrogen-bond acceptors (Lipinski definition) is 3. The molecule has 0 aliphatic carbocycles. The molecule has 148 valence electrons. The van der Waals surface area contributed by atoms with E-state index in [1.165, 1.54) is 12.1 Å². The number of nitrogens with one attached hydrogen (secondary N) is 1. The van der Waals surface area contributed by atoms with Crippen molar-refractivity contribution in [1.29, 1.82) is 0 Å². The van der Waals surface area contributed by atoms with E-state index >= 15 is 0 Å². The van der Waals surface area contributed by atoms with Gasteiger partial charge in [0.1, 0.15) is 11.6 Å². The van der Waals surface area contributed by atoms with Gasteiger partial charge in [-0.05, 0) is 42.7 Å². The summed E-state index contributed by atoms with van der Waals surface area (Å²) >= 11 is 0. The van der Waals surface area contributed by atoms with Crippen molar-refractivity contribution in [3.63, 3.8) is 0 Å². The fraction of sp³-hybridized carbons (Fsp3) is 0.364. The van der Waals surface area contributed by atoms with Crippen LogP contribution in [0.5, 0.6) is 5.75 Å². The molecule has 0 aromatic heterocycles. The lowest BCUT2D eigenvalue weighted by Crippen LogP contribution is -2.46. The summed E-state index contributed by atoms with van der Waals surface area (Å²) < 4.78 is 18.8. The van der Waals surface area contributed by atoms with Crippen LogP contribution in [0.25, 0.3) is 0 Å². The highest BCUT2D eigenvalue weighted by molar-refractivity contribution is 6.00. The van der Waals surface area contributed by atoms with Gasteiger partial charge in [0.25, 0.3) is 5.91 Å². The van der Waals surface area contributed by atoms with Gasteiger partial charge in [-0.1, -0.05) is 38.1 Å². The Morgan fingerprint density at radius 3 is 2.54 bits per heavy atom. The van der Waals surface area contributed by atoms with Crippen molar-refractivity contribution in [3.05, 3.63) is 59.9 Å². The molecule has 3 rings (SSSR count). The second-order valence-electron chi connectivity index (χ2n) is 7.31. The highest BCUT2D eigenvalue weighted by atomic mass is 19.1. The van der Waals surface area contributed by atoms with E-state index in [9.17, 15) is 14.0 Å². The number of para-hydroxylation sites is 2. The van der Waals surface area contributed by atoms with Gasteiger partial charge in [-0.15, -0.1) is 0 Å². The fourth-order valence-electron chi connectivity index (χ4n) is 3.35. The summed E-state index contributed by atoms with van der Waals surface area (Å²) in [7, 11) is 0. The monoisotopic (exact) mass is 384 g/mol. The Labute approximate surface area is 164 Å². The third-order valence-corrected chi connectivity index (χ3v) is 4.85. The molecule has 2 unspecified atom stereocenters. The molecule has 0 radical (unpaired) electrons. The maximum Gasteiger partial charge on any atom is 0.267 e. The molecule has 0 saturated heterocycles. The van der Waals surface area contributed by atoms with Crippen molar-refractivity contribution >= 4 is 17.5 Å². The van der Waals surface area contributed by atoms with Crippen molar-refractivity contribution in [3.8, 4) is 5.75 Å². The van der Waals surface area contributed by atoms with Crippen molar-refractivity contribution in [1.82, 2.24) is 5.32 Å². The summed E-state index contributed by atoms with van der Waals surface area (Å²) in [6.07, 6.45) is -0.419. The van der Waals surface area contributed by atoms with Gasteiger partial charge in [0.15, 0.2) is 6.10 Å². The second kappa shape index (κ2) is 8.42. The minimum Gasteiger partial charge on any atom is -0.479 e. The average Bonchev–Trinajstić information content (AvgIpc) is 2.67. The smallest absolute Gasteiger partial charge is 0.267 e. The average molecular weight is 384 g/mol. The summed E-state index contributed by atoms with van der Waals surface area (Å²) in [6, 6.07) is 13.2. The van der Waals surface area contributed by atoms with Crippen LogP contribution < -0.4 is 15.0 Å². The lowest BCUT2D eigenvalue weighted by Gasteiger charge is -2.33. The summed E-state index contributed by atoms with van der Waals surface area (Å²) in [5.41, 5.74) is 1.53. The van der Waals surface area contributed by atoms with Crippen LogP contribution in [-0.2, 0) is 9.59 Å². The van der Waals surface area contributed by atoms with Crippen molar-refractivity contribution in [2.75, 3.05) is 11.4 Å². The van der Waals surface area contributed by atoms with Crippen LogP contribution in [0.2, 0.25) is 0 Å². The maximum absolute atomic E-state index is 13.2. The standard InChI is InChI=1S/C22H25FN2O3/c1-14(2)21(16-8-10-17(23)11-9-16)24-20(26)12-13-25-18-6-4-5-7-19(18)28-15(3)22(25)27/h4-11,14-15,21H,12-13H2,1-3H3,(H,24,26). The molecular formula is C22H25FN2O3.